The molecule has 0 atom stereocenters. The second-order valence-electron chi connectivity index (χ2n) is 1.99. The molecule has 2 heteroatoms. The molecule has 0 rings (SSSR count). The molecule has 0 aromatic rings. The Morgan fingerprint density at radius 2 is 2.00 bits per heavy atom. The van der Waals surface area contributed by atoms with Crippen molar-refractivity contribution in [2.45, 2.75) is 32.6 Å². The van der Waals surface area contributed by atoms with Crippen molar-refractivity contribution in [1.82, 2.24) is 0 Å². The van der Waals surface area contributed by atoms with Crippen LogP contribution in [0.1, 0.15) is 32.6 Å². The van der Waals surface area contributed by atoms with Gasteiger partial charge in [0, 0.05) is 0 Å². The van der Waals surface area contributed by atoms with Crippen molar-refractivity contribution in [3.05, 3.63) is 10.6 Å². The highest BCUT2D eigenvalue weighted by Crippen LogP contribution is 2.09. The molecule has 0 nitrogen and oxygen atoms in total. The average Bonchev–Trinajstić information content (AvgIpc) is 1.80. The second-order valence-corrected chi connectivity index (χ2v) is 3.00. The minimum atomic E-state index is 0.395. The van der Waals surface area contributed by atoms with E-state index in [1.807, 2.05) is 6.08 Å². The second kappa shape index (κ2) is 6.44. The fraction of sp³-hybridized carbons (Fsp3) is 0.714. The highest BCUT2D eigenvalue weighted by molar-refractivity contribution is 6.55. The van der Waals surface area contributed by atoms with Crippen molar-refractivity contribution in [1.29, 1.82) is 0 Å². The van der Waals surface area contributed by atoms with Gasteiger partial charge in [-0.15, -0.1) is 0 Å². The SMILES string of the molecule is CCCCCC=C(Cl)Cl. The van der Waals surface area contributed by atoms with E-state index in [9.17, 15) is 0 Å². The van der Waals surface area contributed by atoms with Crippen molar-refractivity contribution < 1.29 is 0 Å². The Morgan fingerprint density at radius 1 is 1.33 bits per heavy atom. The van der Waals surface area contributed by atoms with E-state index in [2.05, 4.69) is 6.92 Å². The van der Waals surface area contributed by atoms with E-state index in [1.54, 1.807) is 0 Å². The predicted octanol–water partition coefficient (Wildman–Crippen LogP) is 3.89. The first-order chi connectivity index (χ1) is 4.27. The van der Waals surface area contributed by atoms with Gasteiger partial charge in [-0.3, -0.25) is 0 Å². The van der Waals surface area contributed by atoms with Gasteiger partial charge in [-0.25, -0.2) is 0 Å². The summed E-state index contributed by atoms with van der Waals surface area (Å²) in [5.41, 5.74) is 0. The highest BCUT2D eigenvalue weighted by atomic mass is 35.5. The lowest BCUT2D eigenvalue weighted by molar-refractivity contribution is 0.729. The third-order valence-electron chi connectivity index (χ3n) is 1.11. The Balaban J connectivity index is 3.00. The Labute approximate surface area is 66.8 Å². The molecule has 0 radical (unpaired) electrons. The number of allylic oxidation sites excluding steroid dienone is 1. The molecule has 0 unspecified atom stereocenters. The maximum Gasteiger partial charge on any atom is 0.102 e. The molecule has 0 amide bonds. The van der Waals surface area contributed by atoms with E-state index < -0.39 is 0 Å². The van der Waals surface area contributed by atoms with Crippen LogP contribution in [0.5, 0.6) is 0 Å². The molecule has 0 saturated carbocycles. The Hall–Kier alpha value is 0.320. The average molecular weight is 167 g/mol. The number of rotatable bonds is 4. The van der Waals surface area contributed by atoms with Gasteiger partial charge >= 0.3 is 0 Å². The molecule has 0 spiro atoms. The molecule has 0 saturated heterocycles. The van der Waals surface area contributed by atoms with Crippen LogP contribution in [0.3, 0.4) is 0 Å². The summed E-state index contributed by atoms with van der Waals surface area (Å²) in [7, 11) is 0. The molecular formula is C7H12Cl2. The highest BCUT2D eigenvalue weighted by Gasteiger charge is 1.84. The lowest BCUT2D eigenvalue weighted by Gasteiger charge is -1.90. The molecule has 0 aliphatic carbocycles. The van der Waals surface area contributed by atoms with Crippen LogP contribution in [0.15, 0.2) is 10.6 Å². The molecule has 0 fully saturated rings. The van der Waals surface area contributed by atoms with Crippen molar-refractivity contribution in [2.24, 2.45) is 0 Å². The Bertz CT molecular complexity index is 82.9. The molecule has 0 aromatic carbocycles. The van der Waals surface area contributed by atoms with Crippen LogP contribution in [-0.2, 0) is 0 Å². The maximum absolute atomic E-state index is 5.38. The van der Waals surface area contributed by atoms with E-state index in [4.69, 9.17) is 23.2 Å². The monoisotopic (exact) mass is 166 g/mol. The largest absolute Gasteiger partial charge is 0.102 e. The molecule has 0 bridgehead atoms. The quantitative estimate of drug-likeness (QED) is 0.557. The Kier molecular flexibility index (Phi) is 6.67. The zero-order valence-electron chi connectivity index (χ0n) is 5.66. The van der Waals surface area contributed by atoms with Crippen LogP contribution in [0.2, 0.25) is 0 Å². The van der Waals surface area contributed by atoms with Crippen LogP contribution in [0.25, 0.3) is 0 Å². The lowest BCUT2D eigenvalue weighted by Crippen LogP contribution is -1.70. The van der Waals surface area contributed by atoms with Gasteiger partial charge in [0.1, 0.15) is 4.49 Å². The summed E-state index contributed by atoms with van der Waals surface area (Å²) < 4.78 is 0.395. The summed E-state index contributed by atoms with van der Waals surface area (Å²) in [6.45, 7) is 2.17. The first-order valence-electron chi connectivity index (χ1n) is 3.28. The van der Waals surface area contributed by atoms with Crippen LogP contribution < -0.4 is 0 Å². The molecule has 0 N–H and O–H groups in total. The van der Waals surface area contributed by atoms with Gasteiger partial charge in [-0.05, 0) is 12.8 Å². The van der Waals surface area contributed by atoms with Gasteiger partial charge in [0.25, 0.3) is 0 Å². The molecule has 0 aliphatic heterocycles. The van der Waals surface area contributed by atoms with Crippen molar-refractivity contribution in [2.75, 3.05) is 0 Å². The normalized spacial score (nSPS) is 9.22. The van der Waals surface area contributed by atoms with Gasteiger partial charge in [-0.1, -0.05) is 49.0 Å². The smallest absolute Gasteiger partial charge is 0.0713 e. The van der Waals surface area contributed by atoms with E-state index in [-0.39, 0.29) is 0 Å². The zero-order valence-corrected chi connectivity index (χ0v) is 7.17. The maximum atomic E-state index is 5.38. The van der Waals surface area contributed by atoms with E-state index in [1.165, 1.54) is 19.3 Å². The molecular weight excluding hydrogens is 155 g/mol. The molecule has 9 heavy (non-hydrogen) atoms. The van der Waals surface area contributed by atoms with E-state index in [0.29, 0.717) is 4.49 Å². The minimum Gasteiger partial charge on any atom is -0.0713 e. The third kappa shape index (κ3) is 8.32. The first-order valence-corrected chi connectivity index (χ1v) is 4.04. The number of unbranched alkanes of at least 4 members (excludes halogenated alkanes) is 3. The summed E-state index contributed by atoms with van der Waals surface area (Å²) >= 11 is 10.8. The lowest BCUT2D eigenvalue weighted by atomic mass is 10.2. The first kappa shape index (κ1) is 9.32. The van der Waals surface area contributed by atoms with Crippen molar-refractivity contribution >= 4 is 23.2 Å². The molecule has 0 aromatic heterocycles. The van der Waals surface area contributed by atoms with Crippen LogP contribution in [0.4, 0.5) is 0 Å². The van der Waals surface area contributed by atoms with Crippen LogP contribution >= 0.6 is 23.2 Å². The summed E-state index contributed by atoms with van der Waals surface area (Å²) in [6, 6.07) is 0. The van der Waals surface area contributed by atoms with Gasteiger partial charge in [0.15, 0.2) is 0 Å². The predicted molar refractivity (Wildman–Crippen MR) is 43.9 cm³/mol. The Morgan fingerprint density at radius 3 is 2.44 bits per heavy atom. The van der Waals surface area contributed by atoms with Gasteiger partial charge < -0.3 is 0 Å². The van der Waals surface area contributed by atoms with Gasteiger partial charge in [0.2, 0.25) is 0 Å². The standard InChI is InChI=1S/C7H12Cl2/c1-2-3-4-5-6-7(8)9/h6H,2-5H2,1H3. The topological polar surface area (TPSA) is 0 Å². The van der Waals surface area contributed by atoms with Gasteiger partial charge in [0.05, 0.1) is 0 Å². The zero-order chi connectivity index (χ0) is 7.11. The summed E-state index contributed by atoms with van der Waals surface area (Å²) in [5.74, 6) is 0. The molecule has 54 valence electrons. The fourth-order valence-electron chi connectivity index (χ4n) is 0.606. The third-order valence-corrected chi connectivity index (χ3v) is 1.41. The summed E-state index contributed by atoms with van der Waals surface area (Å²) in [5, 5.41) is 0. The minimum absolute atomic E-state index is 0.395. The van der Waals surface area contributed by atoms with Crippen LogP contribution in [0, 0.1) is 0 Å². The summed E-state index contributed by atoms with van der Waals surface area (Å²) in [6.07, 6.45) is 6.56. The van der Waals surface area contributed by atoms with Gasteiger partial charge in [-0.2, -0.15) is 0 Å². The number of hydrogen-bond acceptors (Lipinski definition) is 0. The summed E-state index contributed by atoms with van der Waals surface area (Å²) in [4.78, 5) is 0. The van der Waals surface area contributed by atoms with Crippen molar-refractivity contribution in [3.8, 4) is 0 Å². The molecule has 0 aliphatic rings. The van der Waals surface area contributed by atoms with Crippen LogP contribution in [-0.4, -0.2) is 0 Å². The number of halogens is 2. The molecule has 0 heterocycles. The van der Waals surface area contributed by atoms with Crippen molar-refractivity contribution in [3.63, 3.8) is 0 Å². The van der Waals surface area contributed by atoms with E-state index >= 15 is 0 Å². The number of hydrogen-bond donors (Lipinski definition) is 0. The fourth-order valence-corrected chi connectivity index (χ4v) is 0.824. The van der Waals surface area contributed by atoms with E-state index in [0.717, 1.165) is 6.42 Å².